The average molecular weight is 613 g/mol. The smallest absolute Gasteiger partial charge is 0.186 e. The molecule has 7 aliphatic rings. The summed E-state index contributed by atoms with van der Waals surface area (Å²) in [6.07, 6.45) is -6.48. The number of aliphatic hydroxyl groups is 7. The maximum absolute atomic E-state index is 12.5. The van der Waals surface area contributed by atoms with Crippen molar-refractivity contribution in [2.75, 3.05) is 13.2 Å². The van der Waals surface area contributed by atoms with Gasteiger partial charge >= 0.3 is 0 Å². The van der Waals surface area contributed by atoms with Crippen molar-refractivity contribution in [3.63, 3.8) is 0 Å². The first kappa shape index (κ1) is 31.2. The SMILES string of the molecule is C[C@H]1CC[C@@]2(OC1)OC1C[C@H]3[C@@H]4CC[C@]5(O)[C@@H](O[C@@H]6OC[C@@H](O)[C@H](O)[C@H]6O)[C@@H](O)[C@@H](O)[C@@H](O)[C@]5(C)[C@H]4CC[C@]3(C)[C@H]1[C@@H]2C. The van der Waals surface area contributed by atoms with E-state index in [0.29, 0.717) is 24.2 Å². The van der Waals surface area contributed by atoms with Gasteiger partial charge in [0.1, 0.15) is 42.2 Å². The number of hydrogen-bond donors (Lipinski definition) is 7. The van der Waals surface area contributed by atoms with Gasteiger partial charge in [-0.15, -0.1) is 0 Å². The van der Waals surface area contributed by atoms with Crippen LogP contribution in [0.2, 0.25) is 0 Å². The van der Waals surface area contributed by atoms with Gasteiger partial charge in [-0.2, -0.15) is 0 Å². The molecule has 3 heterocycles. The van der Waals surface area contributed by atoms with E-state index in [0.717, 1.165) is 38.7 Å². The van der Waals surface area contributed by atoms with E-state index in [2.05, 4.69) is 20.8 Å². The highest BCUT2D eigenvalue weighted by Crippen LogP contribution is 2.72. The van der Waals surface area contributed by atoms with Crippen molar-refractivity contribution in [2.24, 2.45) is 46.3 Å². The molecule has 11 nitrogen and oxygen atoms in total. The van der Waals surface area contributed by atoms with Crippen LogP contribution in [0, 0.1) is 46.3 Å². The topological polar surface area (TPSA) is 179 Å². The van der Waals surface area contributed by atoms with Crippen molar-refractivity contribution in [1.29, 1.82) is 0 Å². The molecule has 3 aliphatic heterocycles. The van der Waals surface area contributed by atoms with Gasteiger partial charge in [0.25, 0.3) is 0 Å². The van der Waals surface area contributed by atoms with Crippen molar-refractivity contribution in [3.05, 3.63) is 0 Å². The fraction of sp³-hybridized carbons (Fsp3) is 1.00. The third-order valence-electron chi connectivity index (χ3n) is 14.1. The fourth-order valence-corrected chi connectivity index (χ4v) is 11.6. The average Bonchev–Trinajstić information content (AvgIpc) is 3.42. The van der Waals surface area contributed by atoms with Crippen LogP contribution in [0.3, 0.4) is 0 Å². The molecular weight excluding hydrogens is 560 g/mol. The van der Waals surface area contributed by atoms with Crippen LogP contribution >= 0.6 is 0 Å². The zero-order valence-corrected chi connectivity index (χ0v) is 25.8. The Morgan fingerprint density at radius 2 is 1.53 bits per heavy atom. The Morgan fingerprint density at radius 1 is 0.791 bits per heavy atom. The molecule has 0 aromatic heterocycles. The van der Waals surface area contributed by atoms with Crippen LogP contribution in [0.25, 0.3) is 0 Å². The zero-order valence-electron chi connectivity index (χ0n) is 25.8. The second kappa shape index (κ2) is 10.3. The van der Waals surface area contributed by atoms with Crippen molar-refractivity contribution < 1.29 is 54.7 Å². The first-order chi connectivity index (χ1) is 20.2. The standard InChI is InChI=1S/C32H52O11/c1-14-5-10-32(41-12-14)15(2)21-20(43-32)11-18-16-6-9-31(39)27(42-28-25(37)22(34)19(33)13-40-28)24(36)23(35)26(38)30(31,4)17(16)7-8-29(18,21)3/h14-28,33-39H,5-13H2,1-4H3/t14-,15-,16+,17-,18-,19+,20?,21-,22-,23+,24-,25+,26+,27-,28-,29-,30-,31-,32+/m0/s1. The van der Waals surface area contributed by atoms with Crippen molar-refractivity contribution >= 4 is 0 Å². The third kappa shape index (κ3) is 4.06. The van der Waals surface area contributed by atoms with E-state index >= 15 is 0 Å². The number of fused-ring (bicyclic) bond motifs is 7. The lowest BCUT2D eigenvalue weighted by molar-refractivity contribution is -0.369. The Balaban J connectivity index is 1.16. The molecule has 0 aromatic carbocycles. The lowest BCUT2D eigenvalue weighted by Gasteiger charge is -2.67. The predicted molar refractivity (Wildman–Crippen MR) is 150 cm³/mol. The summed E-state index contributed by atoms with van der Waals surface area (Å²) in [5.41, 5.74) is -2.97. The summed E-state index contributed by atoms with van der Waals surface area (Å²) in [5.74, 6) is 0.958. The van der Waals surface area contributed by atoms with E-state index in [1.165, 1.54) is 0 Å². The summed E-state index contributed by atoms with van der Waals surface area (Å²) < 4.78 is 24.8. The third-order valence-corrected chi connectivity index (χ3v) is 14.1. The molecule has 11 heteroatoms. The summed E-state index contributed by atoms with van der Waals surface area (Å²) in [6.45, 7) is 9.15. The highest BCUT2D eigenvalue weighted by molar-refractivity contribution is 5.23. The fourth-order valence-electron chi connectivity index (χ4n) is 11.6. The molecule has 4 aliphatic carbocycles. The van der Waals surface area contributed by atoms with Crippen molar-refractivity contribution in [3.8, 4) is 0 Å². The summed E-state index contributed by atoms with van der Waals surface area (Å²) in [7, 11) is 0. The van der Waals surface area contributed by atoms with Crippen LogP contribution in [-0.2, 0) is 18.9 Å². The first-order valence-corrected chi connectivity index (χ1v) is 16.6. The van der Waals surface area contributed by atoms with Crippen LogP contribution < -0.4 is 0 Å². The van der Waals surface area contributed by atoms with Crippen molar-refractivity contribution in [2.45, 2.75) is 139 Å². The van der Waals surface area contributed by atoms with Gasteiger partial charge in [0.15, 0.2) is 12.1 Å². The van der Waals surface area contributed by atoms with Gasteiger partial charge < -0.3 is 54.7 Å². The Morgan fingerprint density at radius 3 is 2.23 bits per heavy atom. The largest absolute Gasteiger partial charge is 0.390 e. The molecule has 246 valence electrons. The highest BCUT2D eigenvalue weighted by Gasteiger charge is 2.75. The zero-order chi connectivity index (χ0) is 30.9. The van der Waals surface area contributed by atoms with E-state index in [1.54, 1.807) is 6.92 Å². The Labute approximate surface area is 253 Å². The van der Waals surface area contributed by atoms with Gasteiger partial charge in [-0.3, -0.25) is 0 Å². The van der Waals surface area contributed by atoms with Gasteiger partial charge in [-0.25, -0.2) is 0 Å². The van der Waals surface area contributed by atoms with Crippen LogP contribution in [0.1, 0.15) is 72.6 Å². The normalized spacial score (nSPS) is 63.3. The Kier molecular flexibility index (Phi) is 7.45. The Hall–Kier alpha value is -0.440. The molecule has 0 aromatic rings. The van der Waals surface area contributed by atoms with Crippen LogP contribution in [0.5, 0.6) is 0 Å². The van der Waals surface area contributed by atoms with Gasteiger partial charge in [-0.05, 0) is 73.5 Å². The lowest BCUT2D eigenvalue weighted by Crippen LogP contribution is -2.78. The Bertz CT molecular complexity index is 1070. The van der Waals surface area contributed by atoms with Crippen LogP contribution in [0.4, 0.5) is 0 Å². The maximum Gasteiger partial charge on any atom is 0.186 e. The van der Waals surface area contributed by atoms with E-state index in [1.807, 2.05) is 0 Å². The molecule has 19 atom stereocenters. The first-order valence-electron chi connectivity index (χ1n) is 16.6. The number of rotatable bonds is 2. The maximum atomic E-state index is 12.5. The summed E-state index contributed by atoms with van der Waals surface area (Å²) in [5, 5.41) is 77.1. The number of ether oxygens (including phenoxy) is 4. The molecule has 7 fully saturated rings. The van der Waals surface area contributed by atoms with E-state index in [4.69, 9.17) is 18.9 Å². The monoisotopic (exact) mass is 612 g/mol. The molecule has 3 saturated heterocycles. The molecule has 1 spiro atoms. The lowest BCUT2D eigenvalue weighted by atomic mass is 9.41. The second-order valence-electron chi connectivity index (χ2n) is 15.9. The highest BCUT2D eigenvalue weighted by atomic mass is 16.7. The van der Waals surface area contributed by atoms with E-state index < -0.39 is 65.8 Å². The molecule has 0 radical (unpaired) electrons. The van der Waals surface area contributed by atoms with Gasteiger partial charge in [0.2, 0.25) is 0 Å². The second-order valence-corrected chi connectivity index (χ2v) is 15.9. The minimum atomic E-state index is -1.75. The quantitative estimate of drug-likeness (QED) is 0.228. The van der Waals surface area contributed by atoms with Crippen molar-refractivity contribution in [1.82, 2.24) is 0 Å². The van der Waals surface area contributed by atoms with Gasteiger partial charge in [0, 0.05) is 17.8 Å². The molecular formula is C32H52O11. The predicted octanol–water partition coefficient (Wildman–Crippen LogP) is 0.284. The molecule has 7 rings (SSSR count). The molecule has 1 unspecified atom stereocenters. The van der Waals surface area contributed by atoms with Gasteiger partial charge in [0.05, 0.1) is 25.4 Å². The van der Waals surface area contributed by atoms with E-state index in [9.17, 15) is 35.7 Å². The number of aliphatic hydroxyl groups excluding tert-OH is 6. The molecule has 0 amide bonds. The minimum Gasteiger partial charge on any atom is -0.390 e. The molecule has 0 bridgehead atoms. The molecule has 7 N–H and O–H groups in total. The van der Waals surface area contributed by atoms with Crippen LogP contribution in [-0.4, -0.2) is 115 Å². The molecule has 4 saturated carbocycles. The minimum absolute atomic E-state index is 0.0116. The van der Waals surface area contributed by atoms with Gasteiger partial charge in [-0.1, -0.05) is 27.7 Å². The summed E-state index contributed by atoms with van der Waals surface area (Å²) in [6, 6.07) is 0. The summed E-state index contributed by atoms with van der Waals surface area (Å²) in [4.78, 5) is 0. The van der Waals surface area contributed by atoms with Crippen LogP contribution in [0.15, 0.2) is 0 Å². The summed E-state index contributed by atoms with van der Waals surface area (Å²) >= 11 is 0. The molecule has 43 heavy (non-hydrogen) atoms. The number of hydrogen-bond acceptors (Lipinski definition) is 11. The van der Waals surface area contributed by atoms with E-state index in [-0.39, 0.29) is 42.3 Å².